The number of methoxy groups -OCH3 is 2. The molecular formula is C26H31Cl2N8O3+. The van der Waals surface area contributed by atoms with Crippen molar-refractivity contribution in [1.29, 1.82) is 0 Å². The molecule has 0 spiro atoms. The van der Waals surface area contributed by atoms with Crippen LogP contribution in [-0.4, -0.2) is 69.9 Å². The summed E-state index contributed by atoms with van der Waals surface area (Å²) in [5, 5.41) is 4.85. The number of rotatable bonds is 7. The summed E-state index contributed by atoms with van der Waals surface area (Å²) in [5.74, 6) is 1.77. The molecule has 5 rings (SSSR count). The number of piperazine rings is 1. The van der Waals surface area contributed by atoms with Gasteiger partial charge in [-0.15, -0.1) is 4.68 Å². The van der Waals surface area contributed by atoms with Gasteiger partial charge in [-0.1, -0.05) is 35.1 Å². The van der Waals surface area contributed by atoms with Crippen molar-refractivity contribution in [2.24, 2.45) is 0 Å². The Morgan fingerprint density at radius 3 is 2.26 bits per heavy atom. The van der Waals surface area contributed by atoms with Crippen LogP contribution in [0.1, 0.15) is 6.92 Å². The number of hydrogen-bond donors (Lipinski definition) is 2. The van der Waals surface area contributed by atoms with Crippen LogP contribution in [0.2, 0.25) is 10.0 Å². The Balaban J connectivity index is 1.35. The highest BCUT2D eigenvalue weighted by Crippen LogP contribution is 2.46. The number of carbonyl (C=O) groups is 1. The molecule has 0 unspecified atom stereocenters. The molecule has 2 amide bonds. The number of nitrogens with zero attached hydrogens (tertiary/aromatic N) is 6. The van der Waals surface area contributed by atoms with Crippen molar-refractivity contribution in [3.8, 4) is 11.5 Å². The van der Waals surface area contributed by atoms with Gasteiger partial charge in [-0.2, -0.15) is 10.5 Å². The van der Waals surface area contributed by atoms with Crippen LogP contribution in [-0.2, 0) is 0 Å². The maximum atomic E-state index is 13.4. The fraction of sp³-hybridized carbons (Fsp3) is 0.346. The van der Waals surface area contributed by atoms with Gasteiger partial charge in [-0.25, -0.2) is 9.69 Å². The van der Waals surface area contributed by atoms with E-state index in [0.717, 1.165) is 38.4 Å². The normalized spacial score (nSPS) is 15.6. The fourth-order valence-electron chi connectivity index (χ4n) is 4.65. The van der Waals surface area contributed by atoms with Gasteiger partial charge >= 0.3 is 6.03 Å². The van der Waals surface area contributed by atoms with Crippen molar-refractivity contribution in [3.05, 3.63) is 52.8 Å². The highest BCUT2D eigenvalue weighted by Gasteiger charge is 2.38. The van der Waals surface area contributed by atoms with Gasteiger partial charge in [0.05, 0.1) is 27.3 Å². The zero-order valence-electron chi connectivity index (χ0n) is 22.2. The van der Waals surface area contributed by atoms with Gasteiger partial charge in [-0.05, 0) is 30.8 Å². The first-order chi connectivity index (χ1) is 18.8. The first-order valence-electron chi connectivity index (χ1n) is 12.5. The molecule has 1 saturated heterocycles. The molecule has 2 aliphatic rings. The number of anilines is 5. The van der Waals surface area contributed by atoms with E-state index in [1.807, 2.05) is 12.1 Å². The van der Waals surface area contributed by atoms with Crippen molar-refractivity contribution < 1.29 is 18.9 Å². The minimum atomic E-state index is -0.418. The lowest BCUT2D eigenvalue weighted by Gasteiger charge is -2.35. The van der Waals surface area contributed by atoms with Crippen LogP contribution < -0.4 is 39.8 Å². The highest BCUT2D eigenvalue weighted by atomic mass is 35.5. The highest BCUT2D eigenvalue weighted by molar-refractivity contribution is 6.42. The lowest BCUT2D eigenvalue weighted by molar-refractivity contribution is -0.642. The summed E-state index contributed by atoms with van der Waals surface area (Å²) in [5.41, 5.74) is 5.29. The van der Waals surface area contributed by atoms with E-state index in [-0.39, 0.29) is 15.7 Å². The summed E-state index contributed by atoms with van der Waals surface area (Å²) in [6.07, 6.45) is 1.56. The second kappa shape index (κ2) is 11.2. The average molecular weight is 574 g/mol. The van der Waals surface area contributed by atoms with E-state index in [1.165, 1.54) is 29.8 Å². The lowest BCUT2D eigenvalue weighted by atomic mass is 10.2. The van der Waals surface area contributed by atoms with Crippen molar-refractivity contribution in [2.75, 3.05) is 79.7 Å². The third-order valence-electron chi connectivity index (χ3n) is 6.95. The van der Waals surface area contributed by atoms with Gasteiger partial charge in [-0.3, -0.25) is 0 Å². The second-order valence-electron chi connectivity index (χ2n) is 9.13. The van der Waals surface area contributed by atoms with Crippen molar-refractivity contribution in [1.82, 2.24) is 9.88 Å². The molecule has 2 N–H and O–H groups in total. The maximum Gasteiger partial charge on any atom is 0.407 e. The molecule has 3 heterocycles. The van der Waals surface area contributed by atoms with E-state index in [4.69, 9.17) is 32.7 Å². The minimum Gasteiger partial charge on any atom is -0.495 e. The first kappa shape index (κ1) is 26.9. The summed E-state index contributed by atoms with van der Waals surface area (Å²) in [7, 11) is 4.59. The topological polar surface area (TPSA) is 89.3 Å². The number of amides is 2. The number of fused-ring (bicyclic) bond motifs is 1. The monoisotopic (exact) mass is 573 g/mol. The van der Waals surface area contributed by atoms with Crippen LogP contribution in [0.5, 0.6) is 11.5 Å². The van der Waals surface area contributed by atoms with Gasteiger partial charge < -0.3 is 24.6 Å². The number of hydrogen-bond acceptors (Lipinski definition) is 8. The fourth-order valence-corrected chi connectivity index (χ4v) is 5.32. The Kier molecular flexibility index (Phi) is 7.74. The number of likely N-dealkylation sites (N-methyl/N-ethyl adjacent to an activating group) is 1. The lowest BCUT2D eigenvalue weighted by Crippen LogP contribution is -2.66. The number of hydrazine groups is 1. The SMILES string of the molecule is CCN1CCN(c2ccc(Nc3cc4[n+](cn3)NN(c3c(Cl)c(OC)cc(OC)c3Cl)C(=O)N4C)cc2)CC1. The summed E-state index contributed by atoms with van der Waals surface area (Å²) in [4.78, 5) is 24.2. The number of halogens is 2. The smallest absolute Gasteiger partial charge is 0.407 e. The molecule has 2 aromatic carbocycles. The largest absolute Gasteiger partial charge is 0.495 e. The summed E-state index contributed by atoms with van der Waals surface area (Å²) in [6, 6.07) is 11.2. The molecule has 0 radical (unpaired) electrons. The second-order valence-corrected chi connectivity index (χ2v) is 9.89. The predicted octanol–water partition coefficient (Wildman–Crippen LogP) is 4.11. The number of urea groups is 1. The predicted molar refractivity (Wildman–Crippen MR) is 154 cm³/mol. The number of nitrogens with one attached hydrogen (secondary N) is 2. The van der Waals surface area contributed by atoms with Crippen LogP contribution >= 0.6 is 23.2 Å². The van der Waals surface area contributed by atoms with Crippen molar-refractivity contribution in [2.45, 2.75) is 6.92 Å². The molecule has 39 heavy (non-hydrogen) atoms. The van der Waals surface area contributed by atoms with Gasteiger partial charge in [0.15, 0.2) is 0 Å². The van der Waals surface area contributed by atoms with Gasteiger partial charge in [0.1, 0.15) is 27.2 Å². The van der Waals surface area contributed by atoms with Gasteiger partial charge in [0.2, 0.25) is 5.82 Å². The summed E-state index contributed by atoms with van der Waals surface area (Å²) in [6.45, 7) is 7.49. The molecule has 1 aromatic heterocycles. The number of ether oxygens (including phenoxy) is 2. The van der Waals surface area contributed by atoms with Gasteiger partial charge in [0.25, 0.3) is 12.1 Å². The third kappa shape index (κ3) is 5.17. The summed E-state index contributed by atoms with van der Waals surface area (Å²) < 4.78 is 12.3. The van der Waals surface area contributed by atoms with E-state index in [9.17, 15) is 4.79 Å². The van der Waals surface area contributed by atoms with Crippen LogP contribution in [0.3, 0.4) is 0 Å². The van der Waals surface area contributed by atoms with E-state index < -0.39 is 6.03 Å². The maximum absolute atomic E-state index is 13.4. The molecule has 206 valence electrons. The van der Waals surface area contributed by atoms with Crippen LogP contribution in [0.15, 0.2) is 42.7 Å². The zero-order chi connectivity index (χ0) is 27.7. The van der Waals surface area contributed by atoms with Crippen LogP contribution in [0.25, 0.3) is 0 Å². The van der Waals surface area contributed by atoms with E-state index in [0.29, 0.717) is 23.1 Å². The molecule has 2 aliphatic heterocycles. The summed E-state index contributed by atoms with van der Waals surface area (Å²) >= 11 is 13.1. The molecular weight excluding hydrogens is 543 g/mol. The Bertz CT molecular complexity index is 1340. The number of benzene rings is 2. The quantitative estimate of drug-likeness (QED) is 0.408. The third-order valence-corrected chi connectivity index (χ3v) is 7.68. The molecule has 0 saturated carbocycles. The molecule has 0 bridgehead atoms. The molecule has 0 aliphatic carbocycles. The first-order valence-corrected chi connectivity index (χ1v) is 13.3. The Hall–Kier alpha value is -3.67. The Morgan fingerprint density at radius 1 is 1.03 bits per heavy atom. The van der Waals surface area contributed by atoms with Gasteiger partial charge in [0, 0.05) is 43.6 Å². The standard InChI is InChI=1S/C26H30Cl2N8O3/c1-5-33-10-12-34(13-11-33)18-8-6-17(7-9-18)30-21-15-22-32(2)26(37)36(31-35(22)16-29-21)25-23(27)19(38-3)14-20(39-4)24(25)28/h6-9,14-16,31H,5,10-13H2,1-4H3/p+1. The van der Waals surface area contributed by atoms with Crippen LogP contribution in [0, 0.1) is 0 Å². The minimum absolute atomic E-state index is 0.156. The zero-order valence-corrected chi connectivity index (χ0v) is 23.8. The van der Waals surface area contributed by atoms with E-state index in [2.05, 4.69) is 44.7 Å². The Labute approximate surface area is 237 Å². The molecule has 11 nitrogen and oxygen atoms in total. The van der Waals surface area contributed by atoms with Crippen LogP contribution in [0.4, 0.5) is 33.5 Å². The average Bonchev–Trinajstić information content (AvgIpc) is 2.96. The Morgan fingerprint density at radius 2 is 1.67 bits per heavy atom. The van der Waals surface area contributed by atoms with Crippen molar-refractivity contribution >= 4 is 57.9 Å². The number of aromatic nitrogens is 2. The number of carbonyl (C=O) groups excluding carboxylic acids is 1. The van der Waals surface area contributed by atoms with E-state index in [1.54, 1.807) is 30.2 Å². The van der Waals surface area contributed by atoms with E-state index >= 15 is 0 Å². The molecule has 3 aromatic rings. The van der Waals surface area contributed by atoms with Crippen molar-refractivity contribution in [3.63, 3.8) is 0 Å². The molecule has 0 atom stereocenters. The molecule has 1 fully saturated rings. The molecule has 13 heteroatoms.